The van der Waals surface area contributed by atoms with Gasteiger partial charge in [-0.2, -0.15) is 0 Å². The van der Waals surface area contributed by atoms with Gasteiger partial charge in [0.25, 0.3) is 0 Å². The van der Waals surface area contributed by atoms with Gasteiger partial charge in [-0.05, 0) is 30.3 Å². The third-order valence-electron chi connectivity index (χ3n) is 3.24. The summed E-state index contributed by atoms with van der Waals surface area (Å²) in [5.41, 5.74) is 0.974. The lowest BCUT2D eigenvalue weighted by molar-refractivity contribution is 0.300. The number of pyridine rings is 1. The molecule has 2 heterocycles. The van der Waals surface area contributed by atoms with E-state index >= 15 is 0 Å². The first-order valence-corrected chi connectivity index (χ1v) is 7.78. The summed E-state index contributed by atoms with van der Waals surface area (Å²) in [6.07, 6.45) is 1.71. The number of furan rings is 1. The zero-order valence-corrected chi connectivity index (χ0v) is 13.3. The molecule has 0 fully saturated rings. The van der Waals surface area contributed by atoms with Crippen LogP contribution in [0.5, 0.6) is 5.88 Å². The van der Waals surface area contributed by atoms with Crippen LogP contribution in [-0.2, 0) is 6.54 Å². The van der Waals surface area contributed by atoms with Crippen LogP contribution in [0.2, 0.25) is 5.02 Å². The van der Waals surface area contributed by atoms with E-state index in [1.165, 1.54) is 0 Å². The van der Waals surface area contributed by atoms with Crippen LogP contribution in [-0.4, -0.2) is 18.1 Å². The maximum Gasteiger partial charge on any atom is 0.213 e. The first kappa shape index (κ1) is 15.6. The number of halogens is 1. The van der Waals surface area contributed by atoms with E-state index in [-0.39, 0.29) is 0 Å². The van der Waals surface area contributed by atoms with Crippen LogP contribution in [0.25, 0.3) is 11.3 Å². The van der Waals surface area contributed by atoms with Crippen LogP contribution >= 0.6 is 11.6 Å². The third-order valence-corrected chi connectivity index (χ3v) is 3.47. The number of nitrogens with one attached hydrogen (secondary N) is 1. The molecule has 2 aromatic heterocycles. The van der Waals surface area contributed by atoms with E-state index in [1.807, 2.05) is 54.6 Å². The van der Waals surface area contributed by atoms with Crippen LogP contribution < -0.4 is 10.1 Å². The Bertz CT molecular complexity index is 744. The van der Waals surface area contributed by atoms with Crippen LogP contribution in [0.3, 0.4) is 0 Å². The lowest BCUT2D eigenvalue weighted by atomic mass is 10.2. The number of nitrogens with zero attached hydrogens (tertiary/aromatic N) is 1. The van der Waals surface area contributed by atoms with Gasteiger partial charge in [0, 0.05) is 29.4 Å². The Hall–Kier alpha value is -2.30. The second-order valence-electron chi connectivity index (χ2n) is 4.97. The van der Waals surface area contributed by atoms with Gasteiger partial charge in [-0.1, -0.05) is 29.8 Å². The molecule has 4 nitrogen and oxygen atoms in total. The average Bonchev–Trinajstić information content (AvgIpc) is 3.04. The summed E-state index contributed by atoms with van der Waals surface area (Å²) < 4.78 is 11.3. The molecule has 1 N–H and O–H groups in total. The van der Waals surface area contributed by atoms with Crippen LogP contribution in [0.1, 0.15) is 5.76 Å². The van der Waals surface area contributed by atoms with Gasteiger partial charge in [0.05, 0.1) is 6.54 Å². The summed E-state index contributed by atoms with van der Waals surface area (Å²) in [6.45, 7) is 1.91. The summed E-state index contributed by atoms with van der Waals surface area (Å²) in [7, 11) is 0. The molecule has 0 saturated carbocycles. The van der Waals surface area contributed by atoms with E-state index in [0.717, 1.165) is 17.1 Å². The Balaban J connectivity index is 1.44. The first-order chi connectivity index (χ1) is 11.3. The molecule has 0 saturated heterocycles. The maximum atomic E-state index is 6.00. The Morgan fingerprint density at radius 1 is 1.09 bits per heavy atom. The van der Waals surface area contributed by atoms with E-state index in [1.54, 1.807) is 6.20 Å². The van der Waals surface area contributed by atoms with E-state index in [0.29, 0.717) is 30.6 Å². The summed E-state index contributed by atoms with van der Waals surface area (Å²) >= 11 is 6.00. The molecule has 0 atom stereocenters. The molecule has 0 radical (unpaired) electrons. The maximum absolute atomic E-state index is 6.00. The van der Waals surface area contributed by atoms with Crippen molar-refractivity contribution in [1.29, 1.82) is 0 Å². The molecule has 0 bridgehead atoms. The van der Waals surface area contributed by atoms with Crippen molar-refractivity contribution in [2.45, 2.75) is 6.54 Å². The van der Waals surface area contributed by atoms with Gasteiger partial charge in [0.2, 0.25) is 5.88 Å². The lowest BCUT2D eigenvalue weighted by Crippen LogP contribution is -2.20. The summed E-state index contributed by atoms with van der Waals surface area (Å²) in [5, 5.41) is 3.97. The van der Waals surface area contributed by atoms with Crippen molar-refractivity contribution in [3.8, 4) is 17.2 Å². The van der Waals surface area contributed by atoms with Crippen molar-refractivity contribution < 1.29 is 9.15 Å². The molecule has 0 unspecified atom stereocenters. The fourth-order valence-corrected chi connectivity index (χ4v) is 2.33. The normalized spacial score (nSPS) is 10.7. The fraction of sp³-hybridized carbons (Fsp3) is 0.167. The van der Waals surface area contributed by atoms with Crippen molar-refractivity contribution in [1.82, 2.24) is 10.3 Å². The largest absolute Gasteiger partial charge is 0.476 e. The van der Waals surface area contributed by atoms with Crippen LogP contribution in [0.15, 0.2) is 65.2 Å². The number of benzene rings is 1. The number of ether oxygens (including phenoxy) is 1. The van der Waals surface area contributed by atoms with Gasteiger partial charge in [-0.25, -0.2) is 4.98 Å². The molecule has 0 amide bonds. The van der Waals surface area contributed by atoms with Gasteiger partial charge in [-0.3, -0.25) is 0 Å². The zero-order chi connectivity index (χ0) is 15.9. The number of aromatic nitrogens is 1. The van der Waals surface area contributed by atoms with Crippen molar-refractivity contribution >= 4 is 11.6 Å². The number of rotatable bonds is 7. The molecule has 0 spiro atoms. The van der Waals surface area contributed by atoms with Gasteiger partial charge in [-0.15, -0.1) is 0 Å². The smallest absolute Gasteiger partial charge is 0.213 e. The zero-order valence-electron chi connectivity index (χ0n) is 12.5. The van der Waals surface area contributed by atoms with E-state index < -0.39 is 0 Å². The minimum atomic E-state index is 0.554. The highest BCUT2D eigenvalue weighted by Gasteiger charge is 2.05. The molecular formula is C18H17ClN2O2. The molecule has 118 valence electrons. The lowest BCUT2D eigenvalue weighted by Gasteiger charge is -2.05. The highest BCUT2D eigenvalue weighted by Crippen LogP contribution is 2.24. The highest BCUT2D eigenvalue weighted by atomic mass is 35.5. The van der Waals surface area contributed by atoms with E-state index in [4.69, 9.17) is 20.8 Å². The highest BCUT2D eigenvalue weighted by molar-refractivity contribution is 6.30. The topological polar surface area (TPSA) is 47.3 Å². The summed E-state index contributed by atoms with van der Waals surface area (Å²) in [4.78, 5) is 4.10. The molecule has 1 aromatic carbocycles. The first-order valence-electron chi connectivity index (χ1n) is 7.40. The van der Waals surface area contributed by atoms with Gasteiger partial charge >= 0.3 is 0 Å². The predicted molar refractivity (Wildman–Crippen MR) is 90.6 cm³/mol. The molecular weight excluding hydrogens is 312 g/mol. The van der Waals surface area contributed by atoms with Crippen molar-refractivity contribution in [2.24, 2.45) is 0 Å². The second-order valence-corrected chi connectivity index (χ2v) is 5.41. The predicted octanol–water partition coefficient (Wildman–Crippen LogP) is 4.16. The average molecular weight is 329 g/mol. The molecule has 5 heteroatoms. The Kier molecular flexibility index (Phi) is 5.29. The summed E-state index contributed by atoms with van der Waals surface area (Å²) in [5.74, 6) is 2.32. The van der Waals surface area contributed by atoms with E-state index in [2.05, 4.69) is 10.3 Å². The molecule has 0 aliphatic rings. The standard InChI is InChI=1S/C18H17ClN2O2/c19-15-5-3-4-14(12-15)17-8-7-16(23-17)13-20-10-11-22-18-6-1-2-9-21-18/h1-9,12,20H,10-11,13H2. The second kappa shape index (κ2) is 7.81. The Morgan fingerprint density at radius 2 is 2.04 bits per heavy atom. The van der Waals surface area contributed by atoms with Crippen molar-refractivity contribution in [3.05, 3.63) is 71.6 Å². The Morgan fingerprint density at radius 3 is 2.87 bits per heavy atom. The SMILES string of the molecule is Clc1cccc(-c2ccc(CNCCOc3ccccn3)o2)c1. The fourth-order valence-electron chi connectivity index (χ4n) is 2.14. The van der Waals surface area contributed by atoms with Gasteiger partial charge < -0.3 is 14.5 Å². The van der Waals surface area contributed by atoms with Crippen LogP contribution in [0, 0.1) is 0 Å². The molecule has 23 heavy (non-hydrogen) atoms. The molecule has 0 aliphatic heterocycles. The number of hydrogen-bond acceptors (Lipinski definition) is 4. The van der Waals surface area contributed by atoms with E-state index in [9.17, 15) is 0 Å². The quantitative estimate of drug-likeness (QED) is 0.661. The molecule has 0 aliphatic carbocycles. The van der Waals surface area contributed by atoms with Crippen LogP contribution in [0.4, 0.5) is 0 Å². The minimum Gasteiger partial charge on any atom is -0.476 e. The van der Waals surface area contributed by atoms with Crippen molar-refractivity contribution in [3.63, 3.8) is 0 Å². The van der Waals surface area contributed by atoms with Gasteiger partial charge in [0.15, 0.2) is 0 Å². The minimum absolute atomic E-state index is 0.554. The molecule has 3 aromatic rings. The molecule has 3 rings (SSSR count). The third kappa shape index (κ3) is 4.58. The Labute approximate surface area is 140 Å². The monoisotopic (exact) mass is 328 g/mol. The number of hydrogen-bond donors (Lipinski definition) is 1. The van der Waals surface area contributed by atoms with Crippen molar-refractivity contribution in [2.75, 3.05) is 13.2 Å². The summed E-state index contributed by atoms with van der Waals surface area (Å²) in [6, 6.07) is 17.1. The van der Waals surface area contributed by atoms with Gasteiger partial charge in [0.1, 0.15) is 18.1 Å².